The predicted molar refractivity (Wildman–Crippen MR) is 65.7 cm³/mol. The number of hydrogen-bond acceptors (Lipinski definition) is 1. The predicted octanol–water partition coefficient (Wildman–Crippen LogP) is 3.78. The van der Waals surface area contributed by atoms with E-state index in [1.54, 1.807) is 0 Å². The molecule has 3 atom stereocenters. The van der Waals surface area contributed by atoms with Crippen molar-refractivity contribution in [2.24, 2.45) is 17.3 Å². The lowest BCUT2D eigenvalue weighted by Gasteiger charge is -2.43. The third kappa shape index (κ3) is 3.07. The molecule has 88 valence electrons. The maximum absolute atomic E-state index is 9.38. The fourth-order valence-electron chi connectivity index (χ4n) is 2.78. The third-order valence-corrected chi connectivity index (χ3v) is 4.12. The standard InChI is InChI=1S/C14H26O/c1-10-8-9-14(4,5)13(12(10)3)7-6-11(2)15/h10-11,13,15H,3,6-9H2,1-2,4-5H3. The van der Waals surface area contributed by atoms with Gasteiger partial charge < -0.3 is 5.11 Å². The Morgan fingerprint density at radius 2 is 2.13 bits per heavy atom. The zero-order chi connectivity index (χ0) is 11.6. The second-order valence-corrected chi connectivity index (χ2v) is 5.98. The maximum atomic E-state index is 9.38. The molecule has 0 aromatic rings. The van der Waals surface area contributed by atoms with Gasteiger partial charge in [-0.05, 0) is 49.9 Å². The van der Waals surface area contributed by atoms with Crippen molar-refractivity contribution in [2.75, 3.05) is 0 Å². The Morgan fingerprint density at radius 3 is 2.67 bits per heavy atom. The smallest absolute Gasteiger partial charge is 0.0512 e. The van der Waals surface area contributed by atoms with Gasteiger partial charge in [0, 0.05) is 0 Å². The van der Waals surface area contributed by atoms with Crippen LogP contribution in [-0.2, 0) is 0 Å². The van der Waals surface area contributed by atoms with Crippen LogP contribution in [0, 0.1) is 17.3 Å². The Kier molecular flexibility index (Phi) is 3.99. The van der Waals surface area contributed by atoms with Crippen molar-refractivity contribution in [3.8, 4) is 0 Å². The van der Waals surface area contributed by atoms with Crippen molar-refractivity contribution >= 4 is 0 Å². The Balaban J connectivity index is 2.66. The van der Waals surface area contributed by atoms with E-state index < -0.39 is 0 Å². The second kappa shape index (κ2) is 4.69. The van der Waals surface area contributed by atoms with E-state index in [9.17, 15) is 5.11 Å². The third-order valence-electron chi connectivity index (χ3n) is 4.12. The summed E-state index contributed by atoms with van der Waals surface area (Å²) in [5, 5.41) is 9.38. The number of hydrogen-bond donors (Lipinski definition) is 1. The van der Waals surface area contributed by atoms with E-state index in [0.717, 1.165) is 12.8 Å². The molecule has 1 saturated carbocycles. The zero-order valence-corrected chi connectivity index (χ0v) is 10.7. The summed E-state index contributed by atoms with van der Waals surface area (Å²) < 4.78 is 0. The summed E-state index contributed by atoms with van der Waals surface area (Å²) in [7, 11) is 0. The quantitative estimate of drug-likeness (QED) is 0.703. The van der Waals surface area contributed by atoms with Gasteiger partial charge in [-0.3, -0.25) is 0 Å². The van der Waals surface area contributed by atoms with E-state index in [0.29, 0.717) is 17.3 Å². The second-order valence-electron chi connectivity index (χ2n) is 5.98. The average Bonchev–Trinajstić information content (AvgIpc) is 2.11. The molecule has 1 aliphatic rings. The van der Waals surface area contributed by atoms with Gasteiger partial charge >= 0.3 is 0 Å². The minimum Gasteiger partial charge on any atom is -0.393 e. The molecule has 1 rings (SSSR count). The molecule has 0 spiro atoms. The molecule has 15 heavy (non-hydrogen) atoms. The van der Waals surface area contributed by atoms with Crippen LogP contribution in [0.5, 0.6) is 0 Å². The molecule has 0 radical (unpaired) electrons. The molecule has 1 N–H and O–H groups in total. The van der Waals surface area contributed by atoms with Crippen molar-refractivity contribution in [1.29, 1.82) is 0 Å². The first kappa shape index (κ1) is 12.8. The summed E-state index contributed by atoms with van der Waals surface area (Å²) in [4.78, 5) is 0. The van der Waals surface area contributed by atoms with Gasteiger partial charge in [-0.25, -0.2) is 0 Å². The first-order valence-electron chi connectivity index (χ1n) is 6.21. The highest BCUT2D eigenvalue weighted by Gasteiger charge is 2.37. The van der Waals surface area contributed by atoms with Crippen molar-refractivity contribution < 1.29 is 5.11 Å². The van der Waals surface area contributed by atoms with Gasteiger partial charge in [0.2, 0.25) is 0 Å². The highest BCUT2D eigenvalue weighted by atomic mass is 16.3. The van der Waals surface area contributed by atoms with Gasteiger partial charge in [0.25, 0.3) is 0 Å². The summed E-state index contributed by atoms with van der Waals surface area (Å²) in [6, 6.07) is 0. The van der Waals surface area contributed by atoms with Gasteiger partial charge in [0.15, 0.2) is 0 Å². The van der Waals surface area contributed by atoms with Crippen LogP contribution in [0.3, 0.4) is 0 Å². The SMILES string of the molecule is C=C1C(C)CCC(C)(C)C1CCC(C)O. The van der Waals surface area contributed by atoms with Crippen LogP contribution in [0.4, 0.5) is 0 Å². The van der Waals surface area contributed by atoms with Crippen LogP contribution in [0.1, 0.15) is 53.4 Å². The number of aliphatic hydroxyl groups is 1. The van der Waals surface area contributed by atoms with Crippen LogP contribution in [0.15, 0.2) is 12.2 Å². The Bertz CT molecular complexity index is 227. The molecule has 0 saturated heterocycles. The minimum absolute atomic E-state index is 0.175. The fraction of sp³-hybridized carbons (Fsp3) is 0.857. The topological polar surface area (TPSA) is 20.2 Å². The van der Waals surface area contributed by atoms with E-state index in [2.05, 4.69) is 27.4 Å². The summed E-state index contributed by atoms with van der Waals surface area (Å²) in [6.45, 7) is 13.1. The largest absolute Gasteiger partial charge is 0.393 e. The van der Waals surface area contributed by atoms with Crippen LogP contribution in [0.2, 0.25) is 0 Å². The molecule has 1 fully saturated rings. The van der Waals surface area contributed by atoms with Gasteiger partial charge in [0.05, 0.1) is 6.10 Å². The molecular formula is C14H26O. The van der Waals surface area contributed by atoms with Crippen molar-refractivity contribution in [3.63, 3.8) is 0 Å². The lowest BCUT2D eigenvalue weighted by molar-refractivity contribution is 0.123. The van der Waals surface area contributed by atoms with E-state index in [-0.39, 0.29) is 6.10 Å². The minimum atomic E-state index is -0.175. The molecule has 0 aromatic carbocycles. The normalized spacial score (nSPS) is 32.7. The van der Waals surface area contributed by atoms with E-state index in [4.69, 9.17) is 0 Å². The monoisotopic (exact) mass is 210 g/mol. The van der Waals surface area contributed by atoms with E-state index in [1.807, 2.05) is 6.92 Å². The summed E-state index contributed by atoms with van der Waals surface area (Å²) in [5.41, 5.74) is 1.78. The number of allylic oxidation sites excluding steroid dienone is 1. The Labute approximate surface area is 94.6 Å². The molecule has 0 aromatic heterocycles. The first-order valence-corrected chi connectivity index (χ1v) is 6.21. The number of rotatable bonds is 3. The van der Waals surface area contributed by atoms with Crippen LogP contribution in [-0.4, -0.2) is 11.2 Å². The summed E-state index contributed by atoms with van der Waals surface area (Å²) in [6.07, 6.45) is 4.38. The summed E-state index contributed by atoms with van der Waals surface area (Å²) in [5.74, 6) is 1.26. The molecule has 0 bridgehead atoms. The maximum Gasteiger partial charge on any atom is 0.0512 e. The fourth-order valence-corrected chi connectivity index (χ4v) is 2.78. The first-order chi connectivity index (χ1) is 6.84. The summed E-state index contributed by atoms with van der Waals surface area (Å²) >= 11 is 0. The molecule has 0 aliphatic heterocycles. The van der Waals surface area contributed by atoms with E-state index in [1.165, 1.54) is 18.4 Å². The average molecular weight is 210 g/mol. The van der Waals surface area contributed by atoms with Gasteiger partial charge in [-0.1, -0.05) is 32.9 Å². The lowest BCUT2D eigenvalue weighted by atomic mass is 9.62. The molecule has 1 heteroatoms. The number of aliphatic hydroxyl groups excluding tert-OH is 1. The van der Waals surface area contributed by atoms with Crippen molar-refractivity contribution in [1.82, 2.24) is 0 Å². The highest BCUT2D eigenvalue weighted by molar-refractivity contribution is 5.12. The van der Waals surface area contributed by atoms with Crippen LogP contribution in [0.25, 0.3) is 0 Å². The highest BCUT2D eigenvalue weighted by Crippen LogP contribution is 2.47. The van der Waals surface area contributed by atoms with Gasteiger partial charge in [0.1, 0.15) is 0 Å². The Morgan fingerprint density at radius 1 is 1.53 bits per heavy atom. The molecule has 0 amide bonds. The van der Waals surface area contributed by atoms with Gasteiger partial charge in [-0.15, -0.1) is 0 Å². The zero-order valence-electron chi connectivity index (χ0n) is 10.7. The van der Waals surface area contributed by atoms with Crippen LogP contribution < -0.4 is 0 Å². The molecule has 1 aliphatic carbocycles. The van der Waals surface area contributed by atoms with Crippen LogP contribution >= 0.6 is 0 Å². The Hall–Kier alpha value is -0.300. The van der Waals surface area contributed by atoms with Gasteiger partial charge in [-0.2, -0.15) is 0 Å². The van der Waals surface area contributed by atoms with Crippen molar-refractivity contribution in [3.05, 3.63) is 12.2 Å². The molecule has 1 nitrogen and oxygen atoms in total. The molecular weight excluding hydrogens is 184 g/mol. The van der Waals surface area contributed by atoms with E-state index >= 15 is 0 Å². The lowest BCUT2D eigenvalue weighted by Crippen LogP contribution is -2.33. The molecule has 0 heterocycles. The van der Waals surface area contributed by atoms with Crippen molar-refractivity contribution in [2.45, 2.75) is 59.5 Å². The molecule has 3 unspecified atom stereocenters.